The number of unbranched alkanes of at least 4 members (excludes halogenated alkanes) is 13. The molecule has 2 nitrogen and oxygen atoms in total. The predicted octanol–water partition coefficient (Wildman–Crippen LogP) is 1.51. The number of nitrogens with zero attached hydrogens (tertiary/aromatic N) is 1. The van der Waals surface area contributed by atoms with Gasteiger partial charge in [-0.15, -0.1) is 0 Å². The van der Waals surface area contributed by atoms with Crippen LogP contribution >= 0.6 is 0 Å². The van der Waals surface area contributed by atoms with Gasteiger partial charge in [-0.1, -0.05) is 0 Å². The molecule has 0 aromatic carbocycles. The zero-order valence-electron chi connectivity index (χ0n) is 18.5. The molecule has 0 saturated carbocycles. The van der Waals surface area contributed by atoms with Crippen LogP contribution < -0.4 is 24.8 Å². The van der Waals surface area contributed by atoms with Crippen molar-refractivity contribution in [2.75, 3.05) is 19.7 Å². The molecule has 165 valence electrons. The largest absolute Gasteiger partial charge is 1.00 e. The molecule has 0 aliphatic rings. The van der Waals surface area contributed by atoms with Gasteiger partial charge in [-0.2, -0.15) is 0 Å². The van der Waals surface area contributed by atoms with Gasteiger partial charge in [-0.3, -0.25) is 0 Å². The van der Waals surface area contributed by atoms with Crippen molar-refractivity contribution >= 4 is 0 Å². The Labute approximate surface area is 196 Å². The van der Waals surface area contributed by atoms with Crippen molar-refractivity contribution in [2.45, 2.75) is 124 Å². The fourth-order valence-corrected chi connectivity index (χ4v) is 3.94. The maximum Gasteiger partial charge on any atom is -1.00 e. The van der Waals surface area contributed by atoms with E-state index in [0.717, 1.165) is 9.74 Å². The minimum atomic E-state index is 0. The van der Waals surface area contributed by atoms with Crippen LogP contribution in [-0.4, -0.2) is 22.8 Å². The van der Waals surface area contributed by atoms with E-state index in [1.165, 1.54) is 116 Å². The molecule has 0 radical (unpaired) electrons. The Kier molecular flexibility index (Phi) is 30.7. The minimum absolute atomic E-state index is 0. The van der Waals surface area contributed by atoms with Gasteiger partial charge in [-0.25, -0.2) is 0 Å². The van der Waals surface area contributed by atoms with E-state index in [-0.39, 0.29) is 24.8 Å². The van der Waals surface area contributed by atoms with Crippen LogP contribution in [0.2, 0.25) is 0 Å². The molecule has 0 rings (SSSR count). The number of quaternary nitrogens is 1. The Balaban J connectivity index is -0.00000288. The van der Waals surface area contributed by atoms with Crippen molar-refractivity contribution in [3.05, 3.63) is 0 Å². The van der Waals surface area contributed by atoms with E-state index in [2.05, 4.69) is 41.5 Å². The zero-order chi connectivity index (χ0) is 18.6. The summed E-state index contributed by atoms with van der Waals surface area (Å²) >= 11 is 2.33. The predicted molar refractivity (Wildman–Crippen MR) is 107 cm³/mol. The van der Waals surface area contributed by atoms with Crippen molar-refractivity contribution < 1.29 is 53.5 Å². The molecule has 0 bridgehead atoms. The molecule has 0 heterocycles. The number of rotatable bonds is 20. The molecule has 0 aromatic heterocycles. The molecular weight excluding hydrogens is 413 g/mol. The van der Waals surface area contributed by atoms with Crippen LogP contribution in [0.1, 0.15) is 124 Å². The van der Waals surface area contributed by atoms with Crippen LogP contribution in [-0.2, 0) is 25.5 Å². The van der Waals surface area contributed by atoms with Crippen LogP contribution in [0.15, 0.2) is 0 Å². The smallest absolute Gasteiger partial charge is 1.00 e. The fraction of sp³-hybridized carbons (Fsp3) is 1.00. The van der Waals surface area contributed by atoms with E-state index in [1.807, 2.05) is 0 Å². The molecule has 0 fully saturated rings. The normalized spacial score (nSPS) is 11.0. The molecule has 0 saturated heterocycles. The van der Waals surface area contributed by atoms with Crippen LogP contribution in [0.5, 0.6) is 0 Å². The second-order valence-electron chi connectivity index (χ2n) is 7.77. The first-order valence-corrected chi connectivity index (χ1v) is 12.1. The maximum atomic E-state index is 6.37. The minimum Gasteiger partial charge on any atom is -1.00 e. The third kappa shape index (κ3) is 23.4. The van der Waals surface area contributed by atoms with Crippen LogP contribution in [0.25, 0.3) is 0 Å². The zero-order valence-corrected chi connectivity index (χ0v) is 21.6. The summed E-state index contributed by atoms with van der Waals surface area (Å²) in [5.41, 5.74) is 0. The van der Waals surface area contributed by atoms with Crippen molar-refractivity contribution in [2.24, 2.45) is 0 Å². The summed E-state index contributed by atoms with van der Waals surface area (Å²) in [6.07, 6.45) is 21.7. The van der Waals surface area contributed by atoms with Gasteiger partial charge in [0.25, 0.3) is 0 Å². The summed E-state index contributed by atoms with van der Waals surface area (Å²) in [6, 6.07) is 0. The maximum absolute atomic E-state index is 6.37. The third-order valence-electron chi connectivity index (χ3n) is 5.08. The first kappa shape index (κ1) is 32.9. The van der Waals surface area contributed by atoms with Gasteiger partial charge in [0.2, 0.25) is 0 Å². The molecule has 0 N–H and O–H groups in total. The van der Waals surface area contributed by atoms with Gasteiger partial charge in [0.1, 0.15) is 0 Å². The van der Waals surface area contributed by atoms with E-state index < -0.39 is 0 Å². The molecule has 0 atom stereocenters. The van der Waals surface area contributed by atoms with Crippen LogP contribution in [0, 0.1) is 0 Å². The molecule has 0 amide bonds. The summed E-state index contributed by atoms with van der Waals surface area (Å²) in [4.78, 5) is 6.37. The van der Waals surface area contributed by atoms with E-state index in [0.29, 0.717) is 0 Å². The quantitative estimate of drug-likeness (QED) is 0.152. The van der Waals surface area contributed by atoms with Crippen LogP contribution in [0.4, 0.5) is 0 Å². The van der Waals surface area contributed by atoms with Gasteiger partial charge in [0.05, 0.1) is 0 Å². The summed E-state index contributed by atoms with van der Waals surface area (Å²) in [7, 11) is 0. The van der Waals surface area contributed by atoms with E-state index in [9.17, 15) is 0 Å². The van der Waals surface area contributed by atoms with Gasteiger partial charge < -0.3 is 24.8 Å². The molecular formula is C22H47Cl2NOTi-. The monoisotopic (exact) mass is 459 g/mol. The summed E-state index contributed by atoms with van der Waals surface area (Å²) in [6.45, 7) is 10.2. The number of halogens is 2. The Morgan fingerprint density at radius 2 is 0.852 bits per heavy atom. The SMILES string of the molecule is CCCCCCCC[N+]([Ti])(CCCCCCCC)OCCCCCC.[Cl-].[Cl-]. The van der Waals surface area contributed by atoms with Gasteiger partial charge in [0, 0.05) is 0 Å². The number of hydrogen-bond donors (Lipinski definition) is 0. The first-order chi connectivity index (χ1) is 12.2. The topological polar surface area (TPSA) is 9.23 Å². The standard InChI is InChI=1S/C22H47NO.2ClH.Ti/c1-4-7-10-13-15-17-20-23(24-22-19-12-9-6-3)21-18-16-14-11-8-5-2;;;/h4-22H2,1-3H3;2*1H;/q;;;+1/p-2. The Morgan fingerprint density at radius 1 is 0.519 bits per heavy atom. The summed E-state index contributed by atoms with van der Waals surface area (Å²) in [5.74, 6) is 0. The molecule has 27 heavy (non-hydrogen) atoms. The second-order valence-corrected chi connectivity index (χ2v) is 9.04. The molecule has 0 aliphatic heterocycles. The fourth-order valence-electron chi connectivity index (χ4n) is 3.30. The van der Waals surface area contributed by atoms with Gasteiger partial charge in [0.15, 0.2) is 0 Å². The van der Waals surface area contributed by atoms with Crippen molar-refractivity contribution in [1.82, 2.24) is 0 Å². The van der Waals surface area contributed by atoms with E-state index >= 15 is 0 Å². The van der Waals surface area contributed by atoms with Crippen molar-refractivity contribution in [1.29, 1.82) is 0 Å². The molecule has 0 unspecified atom stereocenters. The average Bonchev–Trinajstić information content (AvgIpc) is 2.61. The molecule has 0 spiro atoms. The summed E-state index contributed by atoms with van der Waals surface area (Å²) in [5, 5.41) is 0. The van der Waals surface area contributed by atoms with Gasteiger partial charge in [-0.05, 0) is 0 Å². The Hall–Kier alpha value is 1.21. The third-order valence-corrected chi connectivity index (χ3v) is 5.98. The van der Waals surface area contributed by atoms with Crippen molar-refractivity contribution in [3.63, 3.8) is 0 Å². The Bertz CT molecular complexity index is 255. The number of hydroxylamine groups is 2. The molecule has 5 heteroatoms. The van der Waals surface area contributed by atoms with Gasteiger partial charge >= 0.3 is 172 Å². The number of hydrogen-bond acceptors (Lipinski definition) is 1. The molecule has 0 aromatic rings. The van der Waals surface area contributed by atoms with E-state index in [4.69, 9.17) is 4.84 Å². The van der Waals surface area contributed by atoms with Crippen LogP contribution in [0.3, 0.4) is 0 Å². The summed E-state index contributed by atoms with van der Waals surface area (Å²) < 4.78 is 0.855. The van der Waals surface area contributed by atoms with E-state index in [1.54, 1.807) is 0 Å². The van der Waals surface area contributed by atoms with Crippen molar-refractivity contribution in [3.8, 4) is 0 Å². The second kappa shape index (κ2) is 25.3. The Morgan fingerprint density at radius 3 is 1.26 bits per heavy atom. The average molecular weight is 460 g/mol. The molecule has 0 aliphatic carbocycles. The first-order valence-electron chi connectivity index (χ1n) is 11.4.